The summed E-state index contributed by atoms with van der Waals surface area (Å²) in [7, 11) is 1.54. The van der Waals surface area contributed by atoms with Crippen LogP contribution in [0.25, 0.3) is 0 Å². The van der Waals surface area contributed by atoms with Crippen molar-refractivity contribution < 1.29 is 19.1 Å². The lowest BCUT2D eigenvalue weighted by Crippen LogP contribution is -2.15. The molecule has 1 aliphatic rings. The predicted molar refractivity (Wildman–Crippen MR) is 147 cm³/mol. The highest BCUT2D eigenvalue weighted by Crippen LogP contribution is 2.22. The van der Waals surface area contributed by atoms with E-state index >= 15 is 0 Å². The molecule has 0 heterocycles. The van der Waals surface area contributed by atoms with Crippen molar-refractivity contribution in [1.82, 2.24) is 0 Å². The molecule has 4 rings (SSSR count). The van der Waals surface area contributed by atoms with Crippen LogP contribution in [0.5, 0.6) is 11.5 Å². The molecule has 0 saturated heterocycles. The van der Waals surface area contributed by atoms with Gasteiger partial charge in [-0.15, -0.1) is 0 Å². The van der Waals surface area contributed by atoms with E-state index in [0.717, 1.165) is 58.9 Å². The Morgan fingerprint density at radius 1 is 0.730 bits per heavy atom. The number of hydrogen-bond donors (Lipinski definition) is 0. The third kappa shape index (κ3) is 8.10. The van der Waals surface area contributed by atoms with Gasteiger partial charge in [0.25, 0.3) is 0 Å². The molecule has 37 heavy (non-hydrogen) atoms. The quantitative estimate of drug-likeness (QED) is 0.196. The van der Waals surface area contributed by atoms with Crippen LogP contribution in [0, 0.1) is 0 Å². The first-order chi connectivity index (χ1) is 18.2. The third-order valence-corrected chi connectivity index (χ3v) is 6.40. The highest BCUT2D eigenvalue weighted by atomic mass is 16.6. The second kappa shape index (κ2) is 14.1. The first kappa shape index (κ1) is 26.3. The van der Waals surface area contributed by atoms with E-state index in [0.29, 0.717) is 13.2 Å². The molecule has 3 aromatic rings. The normalized spacial score (nSPS) is 14.8. The van der Waals surface area contributed by atoms with Crippen molar-refractivity contribution in [2.24, 2.45) is 10.3 Å². The lowest BCUT2D eigenvalue weighted by molar-refractivity contribution is 0.0327. The zero-order valence-corrected chi connectivity index (χ0v) is 21.8. The van der Waals surface area contributed by atoms with Gasteiger partial charge in [0.2, 0.25) is 0 Å². The molecule has 0 atom stereocenters. The van der Waals surface area contributed by atoms with E-state index in [1.165, 1.54) is 26.4 Å². The van der Waals surface area contributed by atoms with Gasteiger partial charge in [0, 0.05) is 5.56 Å². The van der Waals surface area contributed by atoms with Gasteiger partial charge in [0.15, 0.2) is 0 Å². The van der Waals surface area contributed by atoms with E-state index in [2.05, 4.69) is 17.2 Å². The Kier molecular flexibility index (Phi) is 9.99. The van der Waals surface area contributed by atoms with Gasteiger partial charge in [0.05, 0.1) is 5.71 Å². The van der Waals surface area contributed by atoms with Crippen molar-refractivity contribution in [1.29, 1.82) is 0 Å². The molecule has 0 radical (unpaired) electrons. The maximum atomic E-state index is 6.00. The third-order valence-electron chi connectivity index (χ3n) is 6.40. The van der Waals surface area contributed by atoms with Crippen LogP contribution in [-0.4, -0.2) is 31.2 Å². The van der Waals surface area contributed by atoms with Gasteiger partial charge >= 0.3 is 0 Å². The topological polar surface area (TPSA) is 61.6 Å². The van der Waals surface area contributed by atoms with Gasteiger partial charge in [0.1, 0.15) is 43.6 Å². The average molecular weight is 501 g/mol. The average Bonchev–Trinajstić information content (AvgIpc) is 2.96. The number of hydrogen-bond acceptors (Lipinski definition) is 6. The number of rotatable bonds is 12. The van der Waals surface area contributed by atoms with E-state index in [-0.39, 0.29) is 6.10 Å². The zero-order chi connectivity index (χ0) is 25.7. The van der Waals surface area contributed by atoms with Crippen molar-refractivity contribution in [3.8, 4) is 11.5 Å². The molecule has 194 valence electrons. The zero-order valence-electron chi connectivity index (χ0n) is 21.8. The minimum Gasteiger partial charge on any atom is -0.489 e. The van der Waals surface area contributed by atoms with E-state index in [1.807, 2.05) is 78.9 Å². The smallest absolute Gasteiger partial charge is 0.134 e. The molecule has 6 heteroatoms. The van der Waals surface area contributed by atoms with E-state index in [4.69, 9.17) is 19.1 Å². The summed E-state index contributed by atoms with van der Waals surface area (Å²) >= 11 is 0. The molecule has 0 bridgehead atoms. The molecular formula is C31H36N2O4. The lowest BCUT2D eigenvalue weighted by atomic mass is 9.98. The predicted octanol–water partition coefficient (Wildman–Crippen LogP) is 7.16. The molecule has 0 spiro atoms. The van der Waals surface area contributed by atoms with Crippen LogP contribution in [0.4, 0.5) is 0 Å². The van der Waals surface area contributed by atoms with E-state index in [9.17, 15) is 0 Å². The molecule has 0 unspecified atom stereocenters. The van der Waals surface area contributed by atoms with Gasteiger partial charge in [-0.05, 0) is 79.6 Å². The van der Waals surface area contributed by atoms with Gasteiger partial charge in [-0.25, -0.2) is 0 Å². The summed E-state index contributed by atoms with van der Waals surface area (Å²) in [5.41, 5.74) is 4.80. The Morgan fingerprint density at radius 2 is 1.38 bits per heavy atom. The number of oxime groups is 2. The van der Waals surface area contributed by atoms with Crippen molar-refractivity contribution >= 4 is 11.4 Å². The lowest BCUT2D eigenvalue weighted by Gasteiger charge is -2.20. The van der Waals surface area contributed by atoms with E-state index < -0.39 is 0 Å². The molecule has 0 aliphatic heterocycles. The standard InChI is InChI=1S/C31H36N2O4/c1-3-30(33-37-29-12-8-5-9-13-29)26-16-20-28(21-17-26)35-22-24-14-18-27(19-15-24)36-23-31(32-34-2)25-10-6-4-7-11-25/h4,6-7,10-11,14-21,29H,3,5,8-9,12-13,22-23H2,1-2H3/b32-31+,33-30-. The Bertz CT molecular complexity index is 1140. The van der Waals surface area contributed by atoms with Crippen molar-refractivity contribution in [3.05, 3.63) is 95.6 Å². The Labute approximate surface area is 219 Å². The highest BCUT2D eigenvalue weighted by molar-refractivity contribution is 6.01. The van der Waals surface area contributed by atoms with Crippen LogP contribution in [-0.2, 0) is 16.3 Å². The van der Waals surface area contributed by atoms with Gasteiger partial charge in [-0.3, -0.25) is 0 Å². The Hall–Kier alpha value is -3.80. The number of ether oxygens (including phenoxy) is 2. The monoisotopic (exact) mass is 500 g/mol. The van der Waals surface area contributed by atoms with Gasteiger partial charge in [-0.2, -0.15) is 0 Å². The summed E-state index contributed by atoms with van der Waals surface area (Å²) in [6.07, 6.45) is 7.09. The second-order valence-electron chi connectivity index (χ2n) is 9.09. The summed E-state index contributed by atoms with van der Waals surface area (Å²) in [5, 5.41) is 8.57. The van der Waals surface area contributed by atoms with Crippen LogP contribution in [0.3, 0.4) is 0 Å². The fraction of sp³-hybridized carbons (Fsp3) is 0.355. The number of benzene rings is 3. The fourth-order valence-electron chi connectivity index (χ4n) is 4.28. The van der Waals surface area contributed by atoms with E-state index in [1.54, 1.807) is 0 Å². The maximum absolute atomic E-state index is 6.00. The van der Waals surface area contributed by atoms with Crippen molar-refractivity contribution in [2.75, 3.05) is 13.7 Å². The summed E-state index contributed by atoms with van der Waals surface area (Å²) in [6.45, 7) is 2.89. The largest absolute Gasteiger partial charge is 0.489 e. The summed E-state index contributed by atoms with van der Waals surface area (Å²) in [6, 6.07) is 25.8. The molecule has 0 amide bonds. The molecule has 1 aliphatic carbocycles. The molecule has 3 aromatic carbocycles. The molecular weight excluding hydrogens is 464 g/mol. The molecule has 1 saturated carbocycles. The highest BCUT2D eigenvalue weighted by Gasteiger charge is 2.15. The molecule has 0 aromatic heterocycles. The van der Waals surface area contributed by atoms with Crippen molar-refractivity contribution in [2.45, 2.75) is 58.2 Å². The molecule has 0 N–H and O–H groups in total. The minimum atomic E-state index is 0.263. The maximum Gasteiger partial charge on any atom is 0.134 e. The minimum absolute atomic E-state index is 0.263. The first-order valence-electron chi connectivity index (χ1n) is 13.1. The van der Waals surface area contributed by atoms with Crippen LogP contribution in [0.15, 0.2) is 89.2 Å². The van der Waals surface area contributed by atoms with Gasteiger partial charge < -0.3 is 19.1 Å². The molecule has 1 fully saturated rings. The number of nitrogens with zero attached hydrogens (tertiary/aromatic N) is 2. The van der Waals surface area contributed by atoms with Crippen LogP contribution >= 0.6 is 0 Å². The SMILES string of the molecule is CC/C(=N/OC1CCCCC1)c1ccc(OCc2ccc(OC/C(=N\OC)c3ccccc3)cc2)cc1. The molecule has 6 nitrogen and oxygen atoms in total. The summed E-state index contributed by atoms with van der Waals surface area (Å²) in [4.78, 5) is 10.8. The second-order valence-corrected chi connectivity index (χ2v) is 9.09. The van der Waals surface area contributed by atoms with Crippen LogP contribution in [0.1, 0.15) is 62.1 Å². The van der Waals surface area contributed by atoms with Crippen LogP contribution in [0.2, 0.25) is 0 Å². The summed E-state index contributed by atoms with van der Waals surface area (Å²) in [5.74, 6) is 1.57. The fourth-order valence-corrected chi connectivity index (χ4v) is 4.28. The Balaban J connectivity index is 1.27. The van der Waals surface area contributed by atoms with Crippen molar-refractivity contribution in [3.63, 3.8) is 0 Å². The van der Waals surface area contributed by atoms with Crippen LogP contribution < -0.4 is 9.47 Å². The first-order valence-corrected chi connectivity index (χ1v) is 13.1. The van der Waals surface area contributed by atoms with Gasteiger partial charge in [-0.1, -0.05) is 66.1 Å². The summed E-state index contributed by atoms with van der Waals surface area (Å²) < 4.78 is 11.9. The Morgan fingerprint density at radius 3 is 2.05 bits per heavy atom.